The van der Waals surface area contributed by atoms with Crippen molar-refractivity contribution in [2.45, 2.75) is 12.5 Å². The maximum Gasteiger partial charge on any atom is 0.374 e. The van der Waals surface area contributed by atoms with Crippen molar-refractivity contribution in [1.82, 2.24) is 14.0 Å². The van der Waals surface area contributed by atoms with E-state index in [1.54, 1.807) is 0 Å². The highest BCUT2D eigenvalue weighted by Gasteiger charge is 2.32. The van der Waals surface area contributed by atoms with Gasteiger partial charge >= 0.3 is 10.4 Å². The molecule has 1 aromatic heterocycles. The molecule has 1 unspecified atom stereocenters. The van der Waals surface area contributed by atoms with E-state index >= 15 is 0 Å². The van der Waals surface area contributed by atoms with Crippen LogP contribution in [0.2, 0.25) is 0 Å². The summed E-state index contributed by atoms with van der Waals surface area (Å²) in [6, 6.07) is 1.09. The lowest BCUT2D eigenvalue weighted by atomic mass is 10.2. The summed E-state index contributed by atoms with van der Waals surface area (Å²) in [5.74, 6) is -0.0292. The van der Waals surface area contributed by atoms with Crippen LogP contribution in [0.4, 0.5) is 3.89 Å². The van der Waals surface area contributed by atoms with Crippen molar-refractivity contribution in [2.24, 2.45) is 0 Å². The Morgan fingerprint density at radius 2 is 2.42 bits per heavy atom. The van der Waals surface area contributed by atoms with Crippen LogP contribution in [0.25, 0.3) is 0 Å². The number of nitrogens with zero attached hydrogens (tertiary/aromatic N) is 2. The van der Waals surface area contributed by atoms with Crippen LogP contribution in [0.15, 0.2) is 6.07 Å². The van der Waals surface area contributed by atoms with Gasteiger partial charge < -0.3 is 10.1 Å². The van der Waals surface area contributed by atoms with Crippen LogP contribution in [-0.2, 0) is 10.4 Å². The van der Waals surface area contributed by atoms with E-state index in [0.29, 0.717) is 21.5 Å². The quantitative estimate of drug-likeness (QED) is 0.801. The zero-order valence-corrected chi connectivity index (χ0v) is 11.6. The number of rotatable bonds is 4. The molecule has 1 saturated heterocycles. The SMILES string of the molecule is COc1cc(C(=O)NC2CCN(S(=O)(=O)F)C2)sn1. The third-order valence-electron chi connectivity index (χ3n) is 2.72. The van der Waals surface area contributed by atoms with Crippen LogP contribution in [0.1, 0.15) is 16.1 Å². The molecule has 7 nitrogen and oxygen atoms in total. The highest BCUT2D eigenvalue weighted by atomic mass is 32.3. The largest absolute Gasteiger partial charge is 0.480 e. The van der Waals surface area contributed by atoms with E-state index in [9.17, 15) is 17.1 Å². The lowest BCUT2D eigenvalue weighted by Gasteiger charge is -2.12. The fraction of sp³-hybridized carbons (Fsp3) is 0.556. The molecule has 1 N–H and O–H groups in total. The maximum atomic E-state index is 12.7. The summed E-state index contributed by atoms with van der Waals surface area (Å²) >= 11 is 0.979. The lowest BCUT2D eigenvalue weighted by molar-refractivity contribution is 0.0942. The minimum atomic E-state index is -4.68. The second-order valence-corrected chi connectivity index (χ2v) is 6.14. The Bertz CT molecular complexity index is 574. The van der Waals surface area contributed by atoms with Crippen LogP contribution < -0.4 is 10.1 Å². The highest BCUT2D eigenvalue weighted by molar-refractivity contribution is 7.83. The van der Waals surface area contributed by atoms with Gasteiger partial charge in [0.1, 0.15) is 4.88 Å². The van der Waals surface area contributed by atoms with Gasteiger partial charge in [0, 0.05) is 25.2 Å². The Balaban J connectivity index is 1.94. The van der Waals surface area contributed by atoms with Crippen molar-refractivity contribution in [2.75, 3.05) is 20.2 Å². The maximum absolute atomic E-state index is 12.7. The van der Waals surface area contributed by atoms with Gasteiger partial charge in [-0.15, -0.1) is 0 Å². The Morgan fingerprint density at radius 3 is 2.95 bits per heavy atom. The Kier molecular flexibility index (Phi) is 4.02. The van der Waals surface area contributed by atoms with Crippen molar-refractivity contribution in [3.63, 3.8) is 0 Å². The third kappa shape index (κ3) is 3.39. The van der Waals surface area contributed by atoms with Crippen LogP contribution in [0.3, 0.4) is 0 Å². The number of carbonyl (C=O) groups excluding carboxylic acids is 1. The lowest BCUT2D eigenvalue weighted by Crippen LogP contribution is -2.37. The summed E-state index contributed by atoms with van der Waals surface area (Å²) in [5, 5.41) is 2.64. The van der Waals surface area contributed by atoms with Crippen molar-refractivity contribution >= 4 is 27.8 Å². The predicted molar refractivity (Wildman–Crippen MR) is 66.1 cm³/mol. The fourth-order valence-corrected chi connectivity index (χ4v) is 3.06. The molecule has 0 spiro atoms. The van der Waals surface area contributed by atoms with Crippen molar-refractivity contribution in [1.29, 1.82) is 0 Å². The molecule has 2 heterocycles. The highest BCUT2D eigenvalue weighted by Crippen LogP contribution is 2.18. The van der Waals surface area contributed by atoms with Gasteiger partial charge in [-0.25, -0.2) is 0 Å². The van der Waals surface area contributed by atoms with E-state index in [0.717, 1.165) is 11.5 Å². The first-order valence-electron chi connectivity index (χ1n) is 5.41. The van der Waals surface area contributed by atoms with E-state index in [1.165, 1.54) is 13.2 Å². The number of aromatic nitrogens is 1. The van der Waals surface area contributed by atoms with Crippen LogP contribution in [-0.4, -0.2) is 49.2 Å². The molecule has 0 saturated carbocycles. The van der Waals surface area contributed by atoms with E-state index in [4.69, 9.17) is 4.74 Å². The second-order valence-electron chi connectivity index (χ2n) is 3.99. The summed E-state index contributed by atoms with van der Waals surface area (Å²) in [6.07, 6.45) is 0.380. The third-order valence-corrected chi connectivity index (χ3v) is 4.44. The van der Waals surface area contributed by atoms with Gasteiger partial charge in [0.25, 0.3) is 5.91 Å². The summed E-state index contributed by atoms with van der Waals surface area (Å²) < 4.78 is 43.6. The standard InChI is InChI=1S/C9H12FN3O4S2/c1-17-8-4-7(18-12-8)9(14)11-6-2-3-13(5-6)19(10,15)16/h4,6H,2-3,5H2,1H3,(H,11,14). The van der Waals surface area contributed by atoms with Crippen molar-refractivity contribution < 1.29 is 21.8 Å². The van der Waals surface area contributed by atoms with Gasteiger partial charge in [-0.1, -0.05) is 3.89 Å². The number of amides is 1. The molecule has 0 aliphatic carbocycles. The van der Waals surface area contributed by atoms with E-state index < -0.39 is 16.5 Å². The van der Waals surface area contributed by atoms with Gasteiger partial charge in [0.2, 0.25) is 5.88 Å². The zero-order valence-electron chi connectivity index (χ0n) is 10.00. The number of hydrogen-bond acceptors (Lipinski definition) is 6. The summed E-state index contributed by atoms with van der Waals surface area (Å²) in [7, 11) is -3.24. The molecular weight excluding hydrogens is 297 g/mol. The van der Waals surface area contributed by atoms with Crippen LogP contribution in [0.5, 0.6) is 5.88 Å². The molecule has 1 aliphatic heterocycles. The second kappa shape index (κ2) is 5.39. The minimum absolute atomic E-state index is 0.0550. The molecule has 19 heavy (non-hydrogen) atoms. The molecule has 0 aromatic carbocycles. The molecule has 0 radical (unpaired) electrons. The number of hydrogen-bond donors (Lipinski definition) is 1. The van der Waals surface area contributed by atoms with Gasteiger partial charge in [-0.3, -0.25) is 4.79 Å². The Hall–Kier alpha value is -1.26. The molecule has 2 rings (SSSR count). The molecule has 10 heteroatoms. The molecule has 106 valence electrons. The van der Waals surface area contributed by atoms with E-state index in [1.807, 2.05) is 0 Å². The first-order valence-corrected chi connectivity index (χ1v) is 7.53. The summed E-state index contributed by atoms with van der Waals surface area (Å²) in [6.45, 7) is 0.0102. The number of nitrogens with one attached hydrogen (secondary N) is 1. The topological polar surface area (TPSA) is 88.6 Å². The molecular formula is C9H12FN3O4S2. The van der Waals surface area contributed by atoms with Crippen LogP contribution in [0, 0.1) is 0 Å². The van der Waals surface area contributed by atoms with Crippen molar-refractivity contribution in [3.8, 4) is 5.88 Å². The number of carbonyl (C=O) groups is 1. The molecule has 1 fully saturated rings. The average molecular weight is 309 g/mol. The van der Waals surface area contributed by atoms with E-state index in [2.05, 4.69) is 9.69 Å². The molecule has 1 amide bonds. The zero-order chi connectivity index (χ0) is 14.0. The van der Waals surface area contributed by atoms with Crippen molar-refractivity contribution in [3.05, 3.63) is 10.9 Å². The minimum Gasteiger partial charge on any atom is -0.480 e. The molecule has 0 bridgehead atoms. The molecule has 1 aromatic rings. The van der Waals surface area contributed by atoms with E-state index in [-0.39, 0.29) is 19.0 Å². The molecule has 1 aliphatic rings. The first kappa shape index (κ1) is 14.2. The number of methoxy groups -OCH3 is 1. The first-order chi connectivity index (χ1) is 8.90. The number of ether oxygens (including phenoxy) is 1. The number of halogens is 1. The average Bonchev–Trinajstić information content (AvgIpc) is 2.95. The monoisotopic (exact) mass is 309 g/mol. The molecule has 1 atom stereocenters. The predicted octanol–water partition coefficient (Wildman–Crippen LogP) is 0.170. The van der Waals surface area contributed by atoms with Gasteiger partial charge in [0.05, 0.1) is 7.11 Å². The van der Waals surface area contributed by atoms with Gasteiger partial charge in [0.15, 0.2) is 0 Å². The Morgan fingerprint density at radius 1 is 1.68 bits per heavy atom. The summed E-state index contributed by atoms with van der Waals surface area (Å²) in [4.78, 5) is 12.2. The fourth-order valence-electron chi connectivity index (χ4n) is 1.76. The van der Waals surface area contributed by atoms with Crippen LogP contribution >= 0.6 is 11.5 Å². The summed E-state index contributed by atoms with van der Waals surface area (Å²) in [5.41, 5.74) is 0. The Labute approximate surface area is 113 Å². The van der Waals surface area contributed by atoms with Gasteiger partial charge in [-0.2, -0.15) is 17.1 Å². The normalized spacial score (nSPS) is 20.4. The smallest absolute Gasteiger partial charge is 0.374 e. The van der Waals surface area contributed by atoms with Gasteiger partial charge in [-0.05, 0) is 18.0 Å².